The summed E-state index contributed by atoms with van der Waals surface area (Å²) in [5.41, 5.74) is 0. The first-order valence-corrected chi connectivity index (χ1v) is 7.44. The van der Waals surface area contributed by atoms with E-state index in [0.717, 1.165) is 36.8 Å². The van der Waals surface area contributed by atoms with E-state index in [1.165, 1.54) is 10.7 Å². The van der Waals surface area contributed by atoms with Crippen molar-refractivity contribution in [1.29, 1.82) is 0 Å². The molecule has 5 heteroatoms. The van der Waals surface area contributed by atoms with Crippen molar-refractivity contribution in [3.63, 3.8) is 0 Å². The summed E-state index contributed by atoms with van der Waals surface area (Å²) in [5, 5.41) is 3.43. The molecule has 0 unspecified atom stereocenters. The molecule has 18 heavy (non-hydrogen) atoms. The van der Waals surface area contributed by atoms with Gasteiger partial charge < -0.3 is 9.88 Å². The Morgan fingerprint density at radius 2 is 2.33 bits per heavy atom. The van der Waals surface area contributed by atoms with Crippen molar-refractivity contribution in [2.75, 3.05) is 6.54 Å². The van der Waals surface area contributed by atoms with Crippen LogP contribution in [0.4, 0.5) is 0 Å². The second-order valence-corrected chi connectivity index (χ2v) is 5.97. The molecule has 0 aliphatic carbocycles. The van der Waals surface area contributed by atoms with E-state index in [9.17, 15) is 0 Å². The minimum absolute atomic E-state index is 0.853. The first-order valence-electron chi connectivity index (χ1n) is 6.24. The van der Waals surface area contributed by atoms with Crippen molar-refractivity contribution in [1.82, 2.24) is 14.9 Å². The first kappa shape index (κ1) is 13.6. The van der Waals surface area contributed by atoms with Crippen molar-refractivity contribution < 1.29 is 0 Å². The van der Waals surface area contributed by atoms with Gasteiger partial charge in [-0.1, -0.05) is 18.5 Å². The fraction of sp³-hybridized carbons (Fsp3) is 0.462. The Kier molecular flexibility index (Phi) is 5.23. The SMILES string of the molecule is CCCc1nccn1CCNCc1ccc(Cl)s1. The summed E-state index contributed by atoms with van der Waals surface area (Å²) in [6.07, 6.45) is 6.12. The highest BCUT2D eigenvalue weighted by Crippen LogP contribution is 2.20. The van der Waals surface area contributed by atoms with Gasteiger partial charge in [-0.25, -0.2) is 4.98 Å². The molecule has 0 amide bonds. The molecule has 0 radical (unpaired) electrons. The maximum absolute atomic E-state index is 5.89. The number of hydrogen-bond donors (Lipinski definition) is 1. The Labute approximate surface area is 117 Å². The van der Waals surface area contributed by atoms with Gasteiger partial charge in [-0.2, -0.15) is 0 Å². The lowest BCUT2D eigenvalue weighted by Gasteiger charge is -2.07. The Bertz CT molecular complexity index is 478. The molecule has 0 saturated carbocycles. The van der Waals surface area contributed by atoms with Crippen molar-refractivity contribution in [2.45, 2.75) is 32.9 Å². The summed E-state index contributed by atoms with van der Waals surface area (Å²) in [4.78, 5) is 5.64. The number of rotatable bonds is 7. The number of hydrogen-bond acceptors (Lipinski definition) is 3. The van der Waals surface area contributed by atoms with Crippen LogP contribution >= 0.6 is 22.9 Å². The normalized spacial score (nSPS) is 11.0. The Balaban J connectivity index is 1.73. The Morgan fingerprint density at radius 3 is 3.06 bits per heavy atom. The standard InChI is InChI=1S/C13H18ClN3S/c1-2-3-13-16-7-9-17(13)8-6-15-10-11-4-5-12(14)18-11/h4-5,7,9,15H,2-3,6,8,10H2,1H3. The van der Waals surface area contributed by atoms with E-state index in [1.807, 2.05) is 12.3 Å². The summed E-state index contributed by atoms with van der Waals surface area (Å²) in [7, 11) is 0. The van der Waals surface area contributed by atoms with Gasteiger partial charge in [0.25, 0.3) is 0 Å². The molecule has 0 aliphatic rings. The molecule has 0 saturated heterocycles. The van der Waals surface area contributed by atoms with Gasteiger partial charge >= 0.3 is 0 Å². The van der Waals surface area contributed by atoms with Crippen molar-refractivity contribution in [2.24, 2.45) is 0 Å². The van der Waals surface area contributed by atoms with Gasteiger partial charge in [0.2, 0.25) is 0 Å². The molecule has 0 bridgehead atoms. The van der Waals surface area contributed by atoms with Crippen LogP contribution in [0.2, 0.25) is 4.34 Å². The van der Waals surface area contributed by atoms with Crippen molar-refractivity contribution in [3.05, 3.63) is 39.6 Å². The highest BCUT2D eigenvalue weighted by atomic mass is 35.5. The number of nitrogens with one attached hydrogen (secondary N) is 1. The average Bonchev–Trinajstić information content (AvgIpc) is 2.95. The van der Waals surface area contributed by atoms with Crippen LogP contribution in [0.3, 0.4) is 0 Å². The average molecular weight is 284 g/mol. The van der Waals surface area contributed by atoms with Gasteiger partial charge in [-0.05, 0) is 18.6 Å². The van der Waals surface area contributed by atoms with Crippen LogP contribution in [0.15, 0.2) is 24.5 Å². The van der Waals surface area contributed by atoms with Crippen LogP contribution < -0.4 is 5.32 Å². The van der Waals surface area contributed by atoms with Crippen LogP contribution in [0.25, 0.3) is 0 Å². The largest absolute Gasteiger partial charge is 0.334 e. The Morgan fingerprint density at radius 1 is 1.44 bits per heavy atom. The molecule has 98 valence electrons. The number of aromatic nitrogens is 2. The fourth-order valence-corrected chi connectivity index (χ4v) is 2.91. The number of imidazole rings is 1. The van der Waals surface area contributed by atoms with Gasteiger partial charge in [0.15, 0.2) is 0 Å². The summed E-state index contributed by atoms with van der Waals surface area (Å²) in [6, 6.07) is 4.01. The Hall–Kier alpha value is -0.840. The van der Waals surface area contributed by atoms with Crippen molar-refractivity contribution in [3.8, 4) is 0 Å². The zero-order valence-electron chi connectivity index (χ0n) is 10.5. The zero-order chi connectivity index (χ0) is 12.8. The quantitative estimate of drug-likeness (QED) is 0.790. The summed E-state index contributed by atoms with van der Waals surface area (Å²) in [5.74, 6) is 1.18. The third kappa shape index (κ3) is 3.83. The third-order valence-corrected chi connectivity index (χ3v) is 3.96. The van der Waals surface area contributed by atoms with Gasteiger partial charge in [0, 0.05) is 43.3 Å². The maximum atomic E-state index is 5.89. The van der Waals surface area contributed by atoms with E-state index in [2.05, 4.69) is 34.1 Å². The molecule has 0 aliphatic heterocycles. The second kappa shape index (κ2) is 6.92. The number of nitrogens with zero attached hydrogens (tertiary/aromatic N) is 2. The topological polar surface area (TPSA) is 29.9 Å². The highest BCUT2D eigenvalue weighted by Gasteiger charge is 2.01. The fourth-order valence-electron chi connectivity index (χ4n) is 1.85. The first-order chi connectivity index (χ1) is 8.79. The zero-order valence-corrected chi connectivity index (χ0v) is 12.1. The maximum Gasteiger partial charge on any atom is 0.108 e. The lowest BCUT2D eigenvalue weighted by Crippen LogP contribution is -2.19. The second-order valence-electron chi connectivity index (χ2n) is 4.17. The molecule has 0 fully saturated rings. The monoisotopic (exact) mass is 283 g/mol. The lowest BCUT2D eigenvalue weighted by atomic mass is 10.3. The molecule has 1 N–H and O–H groups in total. The van der Waals surface area contributed by atoms with E-state index in [4.69, 9.17) is 11.6 Å². The molecule has 3 nitrogen and oxygen atoms in total. The van der Waals surface area contributed by atoms with Crippen LogP contribution in [0, 0.1) is 0 Å². The van der Waals surface area contributed by atoms with Crippen LogP contribution in [-0.4, -0.2) is 16.1 Å². The van der Waals surface area contributed by atoms with Crippen LogP contribution in [-0.2, 0) is 19.5 Å². The van der Waals surface area contributed by atoms with E-state index in [-0.39, 0.29) is 0 Å². The molecular weight excluding hydrogens is 266 g/mol. The minimum atomic E-state index is 0.853. The van der Waals surface area contributed by atoms with Crippen molar-refractivity contribution >= 4 is 22.9 Å². The smallest absolute Gasteiger partial charge is 0.108 e. The van der Waals surface area contributed by atoms with E-state index in [1.54, 1.807) is 11.3 Å². The molecule has 0 atom stereocenters. The molecule has 0 spiro atoms. The van der Waals surface area contributed by atoms with E-state index in [0.29, 0.717) is 0 Å². The van der Waals surface area contributed by atoms with Crippen LogP contribution in [0.5, 0.6) is 0 Å². The van der Waals surface area contributed by atoms with E-state index >= 15 is 0 Å². The predicted molar refractivity (Wildman–Crippen MR) is 77.3 cm³/mol. The van der Waals surface area contributed by atoms with Gasteiger partial charge in [0.1, 0.15) is 5.82 Å². The van der Waals surface area contributed by atoms with Gasteiger partial charge in [-0.15, -0.1) is 11.3 Å². The molecule has 0 aromatic carbocycles. The number of halogens is 1. The van der Waals surface area contributed by atoms with E-state index < -0.39 is 0 Å². The summed E-state index contributed by atoms with van der Waals surface area (Å²) < 4.78 is 3.07. The molecule has 2 rings (SSSR count). The van der Waals surface area contributed by atoms with Gasteiger partial charge in [-0.3, -0.25) is 0 Å². The molecule has 2 aromatic rings. The number of thiophene rings is 1. The molecule has 2 heterocycles. The summed E-state index contributed by atoms with van der Waals surface area (Å²) in [6.45, 7) is 4.98. The van der Waals surface area contributed by atoms with Crippen LogP contribution in [0.1, 0.15) is 24.0 Å². The molecular formula is C13H18ClN3S. The van der Waals surface area contributed by atoms with Gasteiger partial charge in [0.05, 0.1) is 4.34 Å². The lowest BCUT2D eigenvalue weighted by molar-refractivity contribution is 0.578. The number of aryl methyl sites for hydroxylation is 1. The molecule has 2 aromatic heterocycles. The third-order valence-electron chi connectivity index (χ3n) is 2.73. The predicted octanol–water partition coefficient (Wildman–Crippen LogP) is 3.34. The minimum Gasteiger partial charge on any atom is -0.334 e. The highest BCUT2D eigenvalue weighted by molar-refractivity contribution is 7.16. The summed E-state index contributed by atoms with van der Waals surface area (Å²) >= 11 is 7.52.